The van der Waals surface area contributed by atoms with Crippen molar-refractivity contribution in [3.05, 3.63) is 70.8 Å². The molecule has 124 valence electrons. The molecular weight excluding hydrogens is 302 g/mol. The van der Waals surface area contributed by atoms with Crippen LogP contribution in [0.3, 0.4) is 0 Å². The van der Waals surface area contributed by atoms with E-state index in [1.807, 2.05) is 6.07 Å². The Labute approximate surface area is 141 Å². The maximum absolute atomic E-state index is 12.2. The van der Waals surface area contributed by atoms with Crippen LogP contribution in [0, 0.1) is 0 Å². The lowest BCUT2D eigenvalue weighted by Gasteiger charge is -2.25. The molecule has 1 unspecified atom stereocenters. The van der Waals surface area contributed by atoms with Gasteiger partial charge in [0.15, 0.2) is 0 Å². The minimum Gasteiger partial charge on any atom is -0.478 e. The van der Waals surface area contributed by atoms with E-state index in [9.17, 15) is 14.7 Å². The number of aromatic carboxylic acids is 1. The summed E-state index contributed by atoms with van der Waals surface area (Å²) >= 11 is 0. The Morgan fingerprint density at radius 3 is 2.54 bits per heavy atom. The first kappa shape index (κ1) is 16.2. The zero-order valence-electron chi connectivity index (χ0n) is 13.5. The number of amides is 1. The first-order valence-corrected chi connectivity index (χ1v) is 8.31. The van der Waals surface area contributed by atoms with Gasteiger partial charge in [-0.1, -0.05) is 42.5 Å². The van der Waals surface area contributed by atoms with Crippen LogP contribution in [0.25, 0.3) is 0 Å². The number of carboxylic acid groups (broad SMARTS) is 1. The molecule has 1 amide bonds. The second-order valence-electron chi connectivity index (χ2n) is 6.24. The second-order valence-corrected chi connectivity index (χ2v) is 6.24. The molecule has 4 nitrogen and oxygen atoms in total. The van der Waals surface area contributed by atoms with E-state index in [-0.39, 0.29) is 17.5 Å². The van der Waals surface area contributed by atoms with Gasteiger partial charge in [-0.25, -0.2) is 4.79 Å². The fourth-order valence-corrected chi connectivity index (χ4v) is 3.32. The molecule has 2 aromatic carbocycles. The van der Waals surface area contributed by atoms with E-state index >= 15 is 0 Å². The van der Waals surface area contributed by atoms with Gasteiger partial charge in [-0.2, -0.15) is 0 Å². The van der Waals surface area contributed by atoms with Crippen LogP contribution in [0.5, 0.6) is 0 Å². The van der Waals surface area contributed by atoms with Crippen molar-refractivity contribution >= 4 is 11.9 Å². The van der Waals surface area contributed by atoms with Crippen molar-refractivity contribution in [2.24, 2.45) is 0 Å². The Morgan fingerprint density at radius 1 is 1.04 bits per heavy atom. The number of carboxylic acids is 1. The van der Waals surface area contributed by atoms with Crippen molar-refractivity contribution < 1.29 is 14.7 Å². The molecule has 2 aromatic rings. The Morgan fingerprint density at radius 2 is 1.75 bits per heavy atom. The highest BCUT2D eigenvalue weighted by Gasteiger charge is 2.20. The fraction of sp³-hybridized carbons (Fsp3) is 0.300. The monoisotopic (exact) mass is 323 g/mol. The van der Waals surface area contributed by atoms with E-state index in [2.05, 4.69) is 23.5 Å². The quantitative estimate of drug-likeness (QED) is 0.889. The number of benzene rings is 2. The normalized spacial score (nSPS) is 16.2. The van der Waals surface area contributed by atoms with Crippen LogP contribution in [-0.4, -0.2) is 23.0 Å². The minimum atomic E-state index is -0.949. The molecule has 24 heavy (non-hydrogen) atoms. The smallest absolute Gasteiger partial charge is 0.335 e. The van der Waals surface area contributed by atoms with Gasteiger partial charge >= 0.3 is 5.97 Å². The summed E-state index contributed by atoms with van der Waals surface area (Å²) in [6, 6.07) is 15.4. The van der Waals surface area contributed by atoms with Crippen LogP contribution in [0.4, 0.5) is 0 Å². The van der Waals surface area contributed by atoms with Crippen molar-refractivity contribution in [1.29, 1.82) is 0 Å². The van der Waals surface area contributed by atoms with Gasteiger partial charge in [-0.3, -0.25) is 4.79 Å². The van der Waals surface area contributed by atoms with Crippen LogP contribution in [0.15, 0.2) is 48.5 Å². The molecule has 0 saturated heterocycles. The predicted octanol–water partition coefficient (Wildman–Crippen LogP) is 2.99. The number of carbonyl (C=O) groups excluding carboxylic acids is 1. The average molecular weight is 323 g/mol. The molecule has 2 N–H and O–H groups in total. The highest BCUT2D eigenvalue weighted by molar-refractivity contribution is 5.89. The third-order valence-electron chi connectivity index (χ3n) is 4.58. The third-order valence-corrected chi connectivity index (χ3v) is 4.58. The summed E-state index contributed by atoms with van der Waals surface area (Å²) in [5.74, 6) is -0.963. The average Bonchev–Trinajstić information content (AvgIpc) is 2.60. The van der Waals surface area contributed by atoms with E-state index in [1.54, 1.807) is 24.3 Å². The molecule has 0 fully saturated rings. The molecule has 1 aliphatic carbocycles. The van der Waals surface area contributed by atoms with Crippen molar-refractivity contribution in [3.8, 4) is 0 Å². The zero-order valence-corrected chi connectivity index (χ0v) is 13.5. The standard InChI is InChI=1S/C20H21NO3/c22-19(12-10-15-6-3-4-8-18(15)20(23)24)21-17-11-9-14-5-1-2-7-16(14)13-17/h1-8,17H,9-13H2,(H,21,22)(H,23,24). The van der Waals surface area contributed by atoms with Crippen molar-refractivity contribution in [1.82, 2.24) is 5.32 Å². The number of rotatable bonds is 5. The first-order valence-electron chi connectivity index (χ1n) is 8.31. The summed E-state index contributed by atoms with van der Waals surface area (Å²) in [7, 11) is 0. The first-order chi connectivity index (χ1) is 11.6. The number of carbonyl (C=O) groups is 2. The summed E-state index contributed by atoms with van der Waals surface area (Å²) in [5, 5.41) is 12.3. The Kier molecular flexibility index (Phi) is 4.94. The largest absolute Gasteiger partial charge is 0.478 e. The van der Waals surface area contributed by atoms with E-state index < -0.39 is 5.97 Å². The van der Waals surface area contributed by atoms with Crippen molar-refractivity contribution in [2.75, 3.05) is 0 Å². The molecule has 4 heteroatoms. The minimum absolute atomic E-state index is 0.0143. The van der Waals surface area contributed by atoms with Gasteiger partial charge in [0, 0.05) is 12.5 Å². The highest BCUT2D eigenvalue weighted by Crippen LogP contribution is 2.21. The SMILES string of the molecule is O=C(CCc1ccccc1C(=O)O)NC1CCc2ccccc2C1. The highest BCUT2D eigenvalue weighted by atomic mass is 16.4. The van der Waals surface area contributed by atoms with E-state index in [1.165, 1.54) is 11.1 Å². The Balaban J connectivity index is 1.55. The van der Waals surface area contributed by atoms with Crippen LogP contribution < -0.4 is 5.32 Å². The molecule has 1 atom stereocenters. The van der Waals surface area contributed by atoms with Crippen LogP contribution in [0.1, 0.15) is 39.9 Å². The maximum atomic E-state index is 12.2. The van der Waals surface area contributed by atoms with Crippen LogP contribution in [-0.2, 0) is 24.1 Å². The van der Waals surface area contributed by atoms with Crippen molar-refractivity contribution in [2.45, 2.75) is 38.1 Å². The summed E-state index contributed by atoms with van der Waals surface area (Å²) < 4.78 is 0. The van der Waals surface area contributed by atoms with Gasteiger partial charge in [0.05, 0.1) is 5.56 Å². The summed E-state index contributed by atoms with van der Waals surface area (Å²) in [4.78, 5) is 23.4. The summed E-state index contributed by atoms with van der Waals surface area (Å²) in [6.07, 6.45) is 3.56. The van der Waals surface area contributed by atoms with Gasteiger partial charge in [0.25, 0.3) is 0 Å². The Hall–Kier alpha value is -2.62. The topological polar surface area (TPSA) is 66.4 Å². The number of aryl methyl sites for hydroxylation is 2. The van der Waals surface area contributed by atoms with Gasteiger partial charge < -0.3 is 10.4 Å². The van der Waals surface area contributed by atoms with Gasteiger partial charge in [-0.15, -0.1) is 0 Å². The molecule has 0 saturated carbocycles. The maximum Gasteiger partial charge on any atom is 0.335 e. The molecule has 3 rings (SSSR count). The van der Waals surface area contributed by atoms with Crippen LogP contribution >= 0.6 is 0 Å². The second kappa shape index (κ2) is 7.30. The third kappa shape index (κ3) is 3.82. The number of hydrogen-bond donors (Lipinski definition) is 2. The lowest BCUT2D eigenvalue weighted by Crippen LogP contribution is -2.38. The lowest BCUT2D eigenvalue weighted by molar-refractivity contribution is -0.121. The molecule has 1 aliphatic rings. The van der Waals surface area contributed by atoms with Gasteiger partial charge in [-0.05, 0) is 48.4 Å². The molecular formula is C20H21NO3. The predicted molar refractivity (Wildman–Crippen MR) is 92.1 cm³/mol. The van der Waals surface area contributed by atoms with E-state index in [0.717, 1.165) is 19.3 Å². The van der Waals surface area contributed by atoms with E-state index in [0.29, 0.717) is 18.4 Å². The van der Waals surface area contributed by atoms with E-state index in [4.69, 9.17) is 0 Å². The number of fused-ring (bicyclic) bond motifs is 1. The molecule has 0 heterocycles. The molecule has 0 aliphatic heterocycles. The summed E-state index contributed by atoms with van der Waals surface area (Å²) in [6.45, 7) is 0. The zero-order chi connectivity index (χ0) is 16.9. The van der Waals surface area contributed by atoms with Crippen LogP contribution in [0.2, 0.25) is 0 Å². The Bertz CT molecular complexity index is 754. The summed E-state index contributed by atoms with van der Waals surface area (Å²) in [5.41, 5.74) is 3.66. The lowest BCUT2D eigenvalue weighted by atomic mass is 9.88. The van der Waals surface area contributed by atoms with Gasteiger partial charge in [0.2, 0.25) is 5.91 Å². The number of hydrogen-bond acceptors (Lipinski definition) is 2. The molecule has 0 aromatic heterocycles. The molecule has 0 spiro atoms. The van der Waals surface area contributed by atoms with Crippen molar-refractivity contribution in [3.63, 3.8) is 0 Å². The number of nitrogens with one attached hydrogen (secondary N) is 1. The molecule has 0 radical (unpaired) electrons. The van der Waals surface area contributed by atoms with Gasteiger partial charge in [0.1, 0.15) is 0 Å². The molecule has 0 bridgehead atoms. The fourth-order valence-electron chi connectivity index (χ4n) is 3.32.